The molecule has 8 nitrogen and oxygen atoms in total. The lowest BCUT2D eigenvalue weighted by molar-refractivity contribution is 0.100. The zero-order valence-electron chi connectivity index (χ0n) is 14.3. The second-order valence-electron chi connectivity index (χ2n) is 5.87. The highest BCUT2D eigenvalue weighted by molar-refractivity contribution is 5.98. The van der Waals surface area contributed by atoms with Crippen molar-refractivity contribution >= 4 is 23.4 Å². The van der Waals surface area contributed by atoms with Crippen molar-refractivity contribution < 1.29 is 9.53 Å². The zero-order valence-corrected chi connectivity index (χ0v) is 14.3. The number of carbonyl (C=O) groups is 1. The van der Waals surface area contributed by atoms with Crippen LogP contribution < -0.4 is 26.0 Å². The molecule has 0 saturated carbocycles. The third kappa shape index (κ3) is 3.63. The summed E-state index contributed by atoms with van der Waals surface area (Å²) in [7, 11) is 1.59. The van der Waals surface area contributed by atoms with Crippen LogP contribution in [0.1, 0.15) is 17.3 Å². The Balaban J connectivity index is 1.98. The molecule has 1 atom stereocenters. The SMILES string of the molecule is COc1ccccc1Nc1nc(N2CCNCC2C)ncc1C(N)=O. The second kappa shape index (κ2) is 7.35. The van der Waals surface area contributed by atoms with Gasteiger partial charge in [0.15, 0.2) is 0 Å². The van der Waals surface area contributed by atoms with Crippen LogP contribution in [0.5, 0.6) is 5.75 Å². The van der Waals surface area contributed by atoms with E-state index in [4.69, 9.17) is 10.5 Å². The number of carbonyl (C=O) groups excluding carboxylic acids is 1. The number of aromatic nitrogens is 2. The minimum Gasteiger partial charge on any atom is -0.495 e. The van der Waals surface area contributed by atoms with Crippen molar-refractivity contribution in [2.75, 3.05) is 37.0 Å². The van der Waals surface area contributed by atoms with E-state index in [0.717, 1.165) is 19.6 Å². The lowest BCUT2D eigenvalue weighted by Gasteiger charge is -2.34. The van der Waals surface area contributed by atoms with E-state index in [1.54, 1.807) is 7.11 Å². The first-order chi connectivity index (χ1) is 12.1. The lowest BCUT2D eigenvalue weighted by atomic mass is 10.2. The number of ether oxygens (including phenoxy) is 1. The highest BCUT2D eigenvalue weighted by atomic mass is 16.5. The van der Waals surface area contributed by atoms with Gasteiger partial charge in [-0.3, -0.25) is 4.79 Å². The zero-order chi connectivity index (χ0) is 17.8. The average molecular weight is 342 g/mol. The predicted octanol–water partition coefficient (Wildman–Crippen LogP) is 1.13. The number of anilines is 3. The van der Waals surface area contributed by atoms with Gasteiger partial charge in [0.25, 0.3) is 5.91 Å². The molecule has 1 fully saturated rings. The van der Waals surface area contributed by atoms with Gasteiger partial charge in [0.2, 0.25) is 5.95 Å². The maximum absolute atomic E-state index is 11.8. The molecule has 3 rings (SSSR count). The summed E-state index contributed by atoms with van der Waals surface area (Å²) >= 11 is 0. The Labute approximate surface area is 146 Å². The Hall–Kier alpha value is -2.87. The summed E-state index contributed by atoms with van der Waals surface area (Å²) in [5.74, 6) is 0.995. The summed E-state index contributed by atoms with van der Waals surface area (Å²) in [4.78, 5) is 22.8. The number of primary amides is 1. The highest BCUT2D eigenvalue weighted by Gasteiger charge is 2.22. The molecule has 1 amide bonds. The van der Waals surface area contributed by atoms with Crippen molar-refractivity contribution in [3.05, 3.63) is 36.0 Å². The molecule has 2 heterocycles. The molecular formula is C17H22N6O2. The Morgan fingerprint density at radius 1 is 1.44 bits per heavy atom. The number of methoxy groups -OCH3 is 1. The molecule has 1 aliphatic heterocycles. The van der Waals surface area contributed by atoms with Crippen molar-refractivity contribution in [3.63, 3.8) is 0 Å². The van der Waals surface area contributed by atoms with E-state index in [-0.39, 0.29) is 11.6 Å². The predicted molar refractivity (Wildman–Crippen MR) is 96.5 cm³/mol. The summed E-state index contributed by atoms with van der Waals surface area (Å²) in [6.07, 6.45) is 1.47. The molecule has 1 unspecified atom stereocenters. The number of piperazine rings is 1. The Bertz CT molecular complexity index is 767. The quantitative estimate of drug-likeness (QED) is 0.748. The van der Waals surface area contributed by atoms with E-state index in [2.05, 4.69) is 32.4 Å². The van der Waals surface area contributed by atoms with Crippen LogP contribution in [0.25, 0.3) is 0 Å². The van der Waals surface area contributed by atoms with Gasteiger partial charge in [0.1, 0.15) is 17.1 Å². The molecule has 25 heavy (non-hydrogen) atoms. The molecule has 1 saturated heterocycles. The number of para-hydroxylation sites is 2. The van der Waals surface area contributed by atoms with Crippen LogP contribution in [0, 0.1) is 0 Å². The molecule has 4 N–H and O–H groups in total. The normalized spacial score (nSPS) is 17.2. The highest BCUT2D eigenvalue weighted by Crippen LogP contribution is 2.28. The molecule has 2 aromatic rings. The Morgan fingerprint density at radius 3 is 2.96 bits per heavy atom. The largest absolute Gasteiger partial charge is 0.495 e. The first-order valence-corrected chi connectivity index (χ1v) is 8.14. The summed E-state index contributed by atoms with van der Waals surface area (Å²) in [6.45, 7) is 4.62. The third-order valence-corrected chi connectivity index (χ3v) is 4.16. The molecule has 132 valence electrons. The van der Waals surface area contributed by atoms with Gasteiger partial charge in [0.05, 0.1) is 12.8 Å². The maximum Gasteiger partial charge on any atom is 0.254 e. The Kier molecular flexibility index (Phi) is 4.99. The van der Waals surface area contributed by atoms with Gasteiger partial charge in [0, 0.05) is 31.9 Å². The Morgan fingerprint density at radius 2 is 2.24 bits per heavy atom. The van der Waals surface area contributed by atoms with Gasteiger partial charge in [-0.1, -0.05) is 12.1 Å². The third-order valence-electron chi connectivity index (χ3n) is 4.16. The van der Waals surface area contributed by atoms with E-state index >= 15 is 0 Å². The van der Waals surface area contributed by atoms with Crippen LogP contribution in [0.3, 0.4) is 0 Å². The average Bonchev–Trinajstić information content (AvgIpc) is 2.62. The fourth-order valence-corrected chi connectivity index (χ4v) is 2.80. The number of nitrogens with one attached hydrogen (secondary N) is 2. The molecule has 0 radical (unpaired) electrons. The van der Waals surface area contributed by atoms with Crippen LogP contribution in [0.4, 0.5) is 17.5 Å². The summed E-state index contributed by atoms with van der Waals surface area (Å²) in [5, 5.41) is 6.48. The summed E-state index contributed by atoms with van der Waals surface area (Å²) < 4.78 is 5.34. The molecule has 0 aliphatic carbocycles. The maximum atomic E-state index is 11.8. The van der Waals surface area contributed by atoms with Gasteiger partial charge < -0.3 is 26.0 Å². The number of hydrogen-bond donors (Lipinski definition) is 3. The van der Waals surface area contributed by atoms with Crippen molar-refractivity contribution in [3.8, 4) is 5.75 Å². The molecule has 8 heteroatoms. The first-order valence-electron chi connectivity index (χ1n) is 8.14. The topological polar surface area (TPSA) is 105 Å². The van der Waals surface area contributed by atoms with E-state index < -0.39 is 5.91 Å². The van der Waals surface area contributed by atoms with Gasteiger partial charge in [-0.2, -0.15) is 4.98 Å². The lowest BCUT2D eigenvalue weighted by Crippen LogP contribution is -2.50. The van der Waals surface area contributed by atoms with Crippen LogP contribution in [-0.2, 0) is 0 Å². The molecule has 0 spiro atoms. The molecule has 1 aliphatic rings. The summed E-state index contributed by atoms with van der Waals surface area (Å²) in [6, 6.07) is 7.67. The number of hydrogen-bond acceptors (Lipinski definition) is 7. The first kappa shape index (κ1) is 17.0. The van der Waals surface area contributed by atoms with Crippen molar-refractivity contribution in [2.24, 2.45) is 5.73 Å². The van der Waals surface area contributed by atoms with Gasteiger partial charge >= 0.3 is 0 Å². The molecule has 1 aromatic carbocycles. The minimum absolute atomic E-state index is 0.234. The number of nitrogens with zero attached hydrogens (tertiary/aromatic N) is 3. The van der Waals surface area contributed by atoms with E-state index in [1.165, 1.54) is 6.20 Å². The monoisotopic (exact) mass is 342 g/mol. The van der Waals surface area contributed by atoms with Gasteiger partial charge in [-0.05, 0) is 19.1 Å². The number of rotatable bonds is 5. The van der Waals surface area contributed by atoms with Crippen LogP contribution in [0.2, 0.25) is 0 Å². The number of amides is 1. The minimum atomic E-state index is -0.586. The fraction of sp³-hybridized carbons (Fsp3) is 0.353. The van der Waals surface area contributed by atoms with Crippen molar-refractivity contribution in [2.45, 2.75) is 13.0 Å². The summed E-state index contributed by atoms with van der Waals surface area (Å²) in [5.41, 5.74) is 6.41. The van der Waals surface area contributed by atoms with E-state index in [1.807, 2.05) is 24.3 Å². The smallest absolute Gasteiger partial charge is 0.254 e. The number of nitrogens with two attached hydrogens (primary N) is 1. The van der Waals surface area contributed by atoms with Crippen molar-refractivity contribution in [1.82, 2.24) is 15.3 Å². The van der Waals surface area contributed by atoms with Gasteiger partial charge in [-0.15, -0.1) is 0 Å². The van der Waals surface area contributed by atoms with E-state index in [9.17, 15) is 4.79 Å². The second-order valence-corrected chi connectivity index (χ2v) is 5.87. The van der Waals surface area contributed by atoms with Crippen LogP contribution in [-0.4, -0.2) is 48.7 Å². The van der Waals surface area contributed by atoms with Crippen molar-refractivity contribution in [1.29, 1.82) is 0 Å². The number of benzene rings is 1. The van der Waals surface area contributed by atoms with E-state index in [0.29, 0.717) is 23.2 Å². The molecular weight excluding hydrogens is 320 g/mol. The van der Waals surface area contributed by atoms with Gasteiger partial charge in [-0.25, -0.2) is 4.98 Å². The molecule has 1 aromatic heterocycles. The van der Waals surface area contributed by atoms with Crippen LogP contribution >= 0.6 is 0 Å². The van der Waals surface area contributed by atoms with Crippen LogP contribution in [0.15, 0.2) is 30.5 Å². The fourth-order valence-electron chi connectivity index (χ4n) is 2.80. The molecule has 0 bridgehead atoms. The standard InChI is InChI=1S/C17H22N6O2/c1-11-9-19-7-8-23(11)17-20-10-12(15(18)24)16(22-17)21-13-5-3-4-6-14(13)25-2/h3-6,10-11,19H,7-9H2,1-2H3,(H2,18,24)(H,20,21,22).